The second kappa shape index (κ2) is 6.99. The van der Waals surface area contributed by atoms with Gasteiger partial charge >= 0.3 is 0 Å². The number of fused-ring (bicyclic) bond motifs is 1. The number of rotatable bonds is 5. The lowest BCUT2D eigenvalue weighted by atomic mass is 10.0. The van der Waals surface area contributed by atoms with Gasteiger partial charge in [0.25, 0.3) is 0 Å². The van der Waals surface area contributed by atoms with Crippen LogP contribution in [0.3, 0.4) is 0 Å². The Balaban J connectivity index is 2.37. The summed E-state index contributed by atoms with van der Waals surface area (Å²) in [6, 6.07) is 4.07. The monoisotopic (exact) mass is 374 g/mol. The summed E-state index contributed by atoms with van der Waals surface area (Å²) in [5.41, 5.74) is -0.0998. The number of methoxy groups -OCH3 is 4. The predicted molar refractivity (Wildman–Crippen MR) is 97.5 cm³/mol. The van der Waals surface area contributed by atoms with Crippen molar-refractivity contribution in [2.75, 3.05) is 28.4 Å². The van der Waals surface area contributed by atoms with Gasteiger partial charge in [-0.05, 0) is 6.07 Å². The predicted octanol–water partition coefficient (Wildman–Crippen LogP) is 2.91. The highest BCUT2D eigenvalue weighted by Crippen LogP contribution is 2.43. The molecular weight excluding hydrogens is 356 g/mol. The molecule has 0 bridgehead atoms. The fourth-order valence-corrected chi connectivity index (χ4v) is 2.88. The Kier molecular flexibility index (Phi) is 4.72. The standard InChI is InChI=1S/C19H18O8/c1-23-13-5-9(11(20)6-14(13)24-2)10-8-27-15-7-12(21)18(25-3)19(26-4)16(15)17(10)22/h5-8,20-21H,1-4H3. The molecule has 0 amide bonds. The van der Waals surface area contributed by atoms with Crippen LogP contribution in [0.25, 0.3) is 22.1 Å². The van der Waals surface area contributed by atoms with Crippen molar-refractivity contribution in [3.63, 3.8) is 0 Å². The minimum Gasteiger partial charge on any atom is -0.507 e. The highest BCUT2D eigenvalue weighted by molar-refractivity contribution is 5.92. The summed E-state index contributed by atoms with van der Waals surface area (Å²) < 4.78 is 26.3. The maximum absolute atomic E-state index is 13.1. The molecule has 8 heteroatoms. The minimum absolute atomic E-state index is 0.00554. The summed E-state index contributed by atoms with van der Waals surface area (Å²) in [4.78, 5) is 13.1. The second-order valence-electron chi connectivity index (χ2n) is 5.54. The lowest BCUT2D eigenvalue weighted by Gasteiger charge is -2.14. The molecule has 2 N–H and O–H groups in total. The molecule has 3 rings (SSSR count). The van der Waals surface area contributed by atoms with Gasteiger partial charge in [-0.3, -0.25) is 4.79 Å². The van der Waals surface area contributed by atoms with E-state index in [0.29, 0.717) is 11.5 Å². The summed E-state index contributed by atoms with van der Waals surface area (Å²) in [5, 5.41) is 20.5. The largest absolute Gasteiger partial charge is 0.507 e. The van der Waals surface area contributed by atoms with Gasteiger partial charge in [0, 0.05) is 17.7 Å². The summed E-state index contributed by atoms with van der Waals surface area (Å²) in [6.07, 6.45) is 1.19. The number of ether oxygens (including phenoxy) is 4. The van der Waals surface area contributed by atoms with Crippen molar-refractivity contribution >= 4 is 11.0 Å². The zero-order valence-electron chi connectivity index (χ0n) is 15.2. The molecule has 0 saturated carbocycles. The number of phenolic OH excluding ortho intramolecular Hbond substituents is 2. The van der Waals surface area contributed by atoms with Gasteiger partial charge in [0.1, 0.15) is 23.0 Å². The molecule has 0 aliphatic heterocycles. The quantitative estimate of drug-likeness (QED) is 0.702. The van der Waals surface area contributed by atoms with Crippen molar-refractivity contribution in [3.05, 3.63) is 34.7 Å². The third-order valence-electron chi connectivity index (χ3n) is 4.16. The van der Waals surface area contributed by atoms with Gasteiger partial charge in [-0.2, -0.15) is 0 Å². The molecule has 27 heavy (non-hydrogen) atoms. The third kappa shape index (κ3) is 2.84. The van der Waals surface area contributed by atoms with E-state index in [0.717, 1.165) is 0 Å². The van der Waals surface area contributed by atoms with E-state index in [1.165, 1.54) is 52.9 Å². The molecule has 0 aliphatic rings. The van der Waals surface area contributed by atoms with Gasteiger partial charge in [0.15, 0.2) is 23.0 Å². The van der Waals surface area contributed by atoms with Crippen LogP contribution in [0.15, 0.2) is 33.7 Å². The fourth-order valence-electron chi connectivity index (χ4n) is 2.88. The number of phenols is 2. The van der Waals surface area contributed by atoms with Crippen LogP contribution in [-0.4, -0.2) is 38.7 Å². The molecule has 1 aromatic heterocycles. The summed E-state index contributed by atoms with van der Waals surface area (Å²) in [5.74, 6) is 0.262. The molecular formula is C19H18O8. The van der Waals surface area contributed by atoms with Gasteiger partial charge < -0.3 is 33.6 Å². The van der Waals surface area contributed by atoms with Crippen LogP contribution in [0.4, 0.5) is 0 Å². The van der Waals surface area contributed by atoms with Crippen molar-refractivity contribution in [2.45, 2.75) is 0 Å². The molecule has 1 heterocycles. The first-order chi connectivity index (χ1) is 13.0. The topological polar surface area (TPSA) is 108 Å². The average Bonchev–Trinajstić information content (AvgIpc) is 2.67. The van der Waals surface area contributed by atoms with E-state index >= 15 is 0 Å². The first kappa shape index (κ1) is 18.2. The van der Waals surface area contributed by atoms with E-state index in [9.17, 15) is 15.0 Å². The SMILES string of the molecule is COc1cc(O)c(-c2coc3cc(O)c(OC)c(OC)c3c2=O)cc1OC. The zero-order valence-corrected chi connectivity index (χ0v) is 15.2. The molecule has 0 fully saturated rings. The normalized spacial score (nSPS) is 10.7. The van der Waals surface area contributed by atoms with E-state index in [-0.39, 0.29) is 45.1 Å². The molecule has 2 aromatic carbocycles. The van der Waals surface area contributed by atoms with Gasteiger partial charge in [-0.25, -0.2) is 0 Å². The Bertz CT molecular complexity index is 1070. The number of hydrogen-bond acceptors (Lipinski definition) is 8. The Labute approximate surface area is 154 Å². The van der Waals surface area contributed by atoms with E-state index in [2.05, 4.69) is 0 Å². The van der Waals surface area contributed by atoms with Gasteiger partial charge in [-0.15, -0.1) is 0 Å². The maximum Gasteiger partial charge on any atom is 0.204 e. The van der Waals surface area contributed by atoms with Crippen molar-refractivity contribution in [1.82, 2.24) is 0 Å². The van der Waals surface area contributed by atoms with Crippen LogP contribution in [-0.2, 0) is 0 Å². The van der Waals surface area contributed by atoms with Crippen molar-refractivity contribution < 1.29 is 33.6 Å². The van der Waals surface area contributed by atoms with Gasteiger partial charge in [0.05, 0.1) is 34.0 Å². The molecule has 0 radical (unpaired) electrons. The Morgan fingerprint density at radius 3 is 2.00 bits per heavy atom. The van der Waals surface area contributed by atoms with Crippen LogP contribution in [0.2, 0.25) is 0 Å². The van der Waals surface area contributed by atoms with Crippen LogP contribution < -0.4 is 24.4 Å². The number of hydrogen-bond donors (Lipinski definition) is 2. The molecule has 8 nitrogen and oxygen atoms in total. The second-order valence-corrected chi connectivity index (χ2v) is 5.54. The Morgan fingerprint density at radius 2 is 1.41 bits per heavy atom. The van der Waals surface area contributed by atoms with Gasteiger partial charge in [0.2, 0.25) is 11.2 Å². The molecule has 0 aliphatic carbocycles. The van der Waals surface area contributed by atoms with Crippen molar-refractivity contribution in [3.8, 4) is 45.6 Å². The smallest absolute Gasteiger partial charge is 0.204 e. The van der Waals surface area contributed by atoms with E-state index < -0.39 is 5.43 Å². The molecule has 3 aromatic rings. The molecule has 0 atom stereocenters. The lowest BCUT2D eigenvalue weighted by molar-refractivity contribution is 0.335. The Hall–Kier alpha value is -3.55. The maximum atomic E-state index is 13.1. The van der Waals surface area contributed by atoms with Crippen LogP contribution >= 0.6 is 0 Å². The number of aromatic hydroxyl groups is 2. The molecule has 142 valence electrons. The van der Waals surface area contributed by atoms with Crippen LogP contribution in [0.1, 0.15) is 0 Å². The van der Waals surface area contributed by atoms with Crippen LogP contribution in [0, 0.1) is 0 Å². The van der Waals surface area contributed by atoms with E-state index in [1.54, 1.807) is 0 Å². The van der Waals surface area contributed by atoms with E-state index in [1.807, 2.05) is 0 Å². The minimum atomic E-state index is -0.478. The zero-order chi connectivity index (χ0) is 19.7. The summed E-state index contributed by atoms with van der Waals surface area (Å²) in [7, 11) is 5.56. The average molecular weight is 374 g/mol. The molecule has 0 saturated heterocycles. The molecule has 0 unspecified atom stereocenters. The van der Waals surface area contributed by atoms with E-state index in [4.69, 9.17) is 23.4 Å². The van der Waals surface area contributed by atoms with Crippen molar-refractivity contribution in [1.29, 1.82) is 0 Å². The number of benzene rings is 2. The van der Waals surface area contributed by atoms with Crippen molar-refractivity contribution in [2.24, 2.45) is 0 Å². The third-order valence-corrected chi connectivity index (χ3v) is 4.16. The lowest BCUT2D eigenvalue weighted by Crippen LogP contribution is -2.08. The first-order valence-electron chi connectivity index (χ1n) is 7.81. The molecule has 0 spiro atoms. The summed E-state index contributed by atoms with van der Waals surface area (Å²) >= 11 is 0. The van der Waals surface area contributed by atoms with Crippen LogP contribution in [0.5, 0.6) is 34.5 Å². The van der Waals surface area contributed by atoms with Gasteiger partial charge in [-0.1, -0.05) is 0 Å². The highest BCUT2D eigenvalue weighted by atomic mass is 16.5. The first-order valence-corrected chi connectivity index (χ1v) is 7.81. The highest BCUT2D eigenvalue weighted by Gasteiger charge is 2.22. The fraction of sp³-hybridized carbons (Fsp3) is 0.211. The summed E-state index contributed by atoms with van der Waals surface area (Å²) in [6.45, 7) is 0. The Morgan fingerprint density at radius 1 is 0.778 bits per heavy atom.